The van der Waals surface area contributed by atoms with Gasteiger partial charge in [0.1, 0.15) is 23.0 Å². The zero-order valence-electron chi connectivity index (χ0n) is 11.3. The van der Waals surface area contributed by atoms with Crippen LogP contribution in [0.2, 0.25) is 0 Å². The fourth-order valence-electron chi connectivity index (χ4n) is 1.97. The van der Waals surface area contributed by atoms with Crippen molar-refractivity contribution in [2.75, 3.05) is 0 Å². The molecule has 3 rings (SSSR count). The van der Waals surface area contributed by atoms with Crippen LogP contribution in [-0.4, -0.2) is 20.4 Å². The van der Waals surface area contributed by atoms with E-state index in [2.05, 4.69) is 26.1 Å². The normalized spacial score (nSPS) is 10.7. The molecule has 0 atom stereocenters. The Morgan fingerprint density at radius 2 is 1.83 bits per heavy atom. The first-order valence-corrected chi connectivity index (χ1v) is 7.13. The van der Waals surface area contributed by atoms with Gasteiger partial charge in [-0.2, -0.15) is 5.10 Å². The zero-order chi connectivity index (χ0) is 16.6. The van der Waals surface area contributed by atoms with Gasteiger partial charge in [-0.15, -0.1) is 0 Å². The Bertz CT molecular complexity index is 883. The molecule has 23 heavy (non-hydrogen) atoms. The van der Waals surface area contributed by atoms with Gasteiger partial charge in [0.05, 0.1) is 10.7 Å². The van der Waals surface area contributed by atoms with Gasteiger partial charge in [0.25, 0.3) is 0 Å². The molecule has 1 aromatic heterocycles. The Morgan fingerprint density at radius 1 is 1.04 bits per heavy atom. The third-order valence-corrected chi connectivity index (χ3v) is 3.67. The van der Waals surface area contributed by atoms with E-state index in [0.29, 0.717) is 10.5 Å². The van der Waals surface area contributed by atoms with E-state index in [1.54, 1.807) is 0 Å². The second-order valence-corrected chi connectivity index (χ2v) is 5.45. The third-order valence-electron chi connectivity index (χ3n) is 3.04. The fourth-order valence-corrected chi connectivity index (χ4v) is 2.31. The Morgan fingerprint density at radius 3 is 2.57 bits per heavy atom. The Balaban J connectivity index is 2.02. The van der Waals surface area contributed by atoms with Crippen LogP contribution >= 0.6 is 15.9 Å². The molecule has 0 amide bonds. The molecule has 0 unspecified atom stereocenters. The van der Waals surface area contributed by atoms with E-state index in [-0.39, 0.29) is 34.3 Å². The molecule has 3 N–H and O–H groups in total. The van der Waals surface area contributed by atoms with Gasteiger partial charge in [-0.25, -0.2) is 8.78 Å². The zero-order valence-corrected chi connectivity index (χ0v) is 12.9. The van der Waals surface area contributed by atoms with Gasteiger partial charge in [-0.1, -0.05) is 0 Å². The third kappa shape index (κ3) is 2.98. The van der Waals surface area contributed by atoms with Gasteiger partial charge < -0.3 is 14.9 Å². The Hall–Kier alpha value is -2.61. The van der Waals surface area contributed by atoms with Gasteiger partial charge in [-0.3, -0.25) is 5.10 Å². The summed E-state index contributed by atoms with van der Waals surface area (Å²) >= 11 is 3.14. The molecule has 118 valence electrons. The van der Waals surface area contributed by atoms with Crippen molar-refractivity contribution in [2.45, 2.75) is 0 Å². The quantitative estimate of drug-likeness (QED) is 0.630. The van der Waals surface area contributed by atoms with Crippen molar-refractivity contribution in [3.8, 4) is 34.3 Å². The molecule has 0 radical (unpaired) electrons. The van der Waals surface area contributed by atoms with Crippen LogP contribution in [0.5, 0.6) is 23.0 Å². The maximum absolute atomic E-state index is 13.7. The highest BCUT2D eigenvalue weighted by Gasteiger charge is 2.18. The van der Waals surface area contributed by atoms with Crippen molar-refractivity contribution in [3.63, 3.8) is 0 Å². The molecular formula is C15H9BrF2N2O3. The first kappa shape index (κ1) is 15.3. The molecule has 0 saturated heterocycles. The lowest BCUT2D eigenvalue weighted by molar-refractivity contribution is 0.437. The molecular weight excluding hydrogens is 374 g/mol. The second-order valence-electron chi connectivity index (χ2n) is 4.60. The minimum absolute atomic E-state index is 0.128. The van der Waals surface area contributed by atoms with Crippen molar-refractivity contribution < 1.29 is 23.7 Å². The highest BCUT2D eigenvalue weighted by atomic mass is 79.9. The number of phenolic OH excluding ortho intramolecular Hbond substituents is 2. The summed E-state index contributed by atoms with van der Waals surface area (Å²) in [6, 6.07) is 5.48. The summed E-state index contributed by atoms with van der Waals surface area (Å²) in [5.41, 5.74) is 0.459. The Labute approximate surface area is 137 Å². The highest BCUT2D eigenvalue weighted by Crippen LogP contribution is 2.41. The molecule has 0 fully saturated rings. The van der Waals surface area contributed by atoms with E-state index in [4.69, 9.17) is 4.74 Å². The number of aromatic hydroxyl groups is 2. The smallest absolute Gasteiger partial charge is 0.173 e. The minimum Gasteiger partial charge on any atom is -0.507 e. The monoisotopic (exact) mass is 382 g/mol. The van der Waals surface area contributed by atoms with Crippen molar-refractivity contribution >= 4 is 15.9 Å². The summed E-state index contributed by atoms with van der Waals surface area (Å²) < 4.78 is 32.3. The maximum Gasteiger partial charge on any atom is 0.173 e. The standard InChI is InChI=1S/C15H9BrF2N2O3/c16-9-4-8(11(21)5-12(9)22)15-14(6-19-20-15)23-13-2-1-7(17)3-10(13)18/h1-6,21-22H,(H,19,20). The largest absolute Gasteiger partial charge is 0.507 e. The van der Waals surface area contributed by atoms with Crippen LogP contribution in [0.3, 0.4) is 0 Å². The molecule has 0 aliphatic rings. The molecule has 8 heteroatoms. The molecule has 3 aromatic rings. The van der Waals surface area contributed by atoms with Crippen LogP contribution < -0.4 is 4.74 Å². The van der Waals surface area contributed by atoms with E-state index >= 15 is 0 Å². The Kier molecular flexibility index (Phi) is 3.91. The maximum atomic E-state index is 13.7. The molecule has 5 nitrogen and oxygen atoms in total. The first-order chi connectivity index (χ1) is 11.0. The minimum atomic E-state index is -0.867. The van der Waals surface area contributed by atoms with E-state index in [9.17, 15) is 19.0 Å². The predicted molar refractivity (Wildman–Crippen MR) is 81.5 cm³/mol. The number of phenols is 2. The van der Waals surface area contributed by atoms with Gasteiger partial charge in [0.15, 0.2) is 17.3 Å². The van der Waals surface area contributed by atoms with Crippen molar-refractivity contribution in [1.82, 2.24) is 10.2 Å². The molecule has 1 heterocycles. The van der Waals surface area contributed by atoms with Gasteiger partial charge in [0, 0.05) is 17.7 Å². The van der Waals surface area contributed by atoms with Gasteiger partial charge in [-0.05, 0) is 34.1 Å². The van der Waals surface area contributed by atoms with Gasteiger partial charge >= 0.3 is 0 Å². The fraction of sp³-hybridized carbons (Fsp3) is 0. The summed E-state index contributed by atoms with van der Waals surface area (Å²) in [6.07, 6.45) is 1.36. The van der Waals surface area contributed by atoms with Crippen LogP contribution in [0, 0.1) is 11.6 Å². The second kappa shape index (κ2) is 5.88. The topological polar surface area (TPSA) is 78.4 Å². The van der Waals surface area contributed by atoms with Crippen LogP contribution in [-0.2, 0) is 0 Å². The summed E-state index contributed by atoms with van der Waals surface area (Å²) in [5.74, 6) is -2.03. The van der Waals surface area contributed by atoms with Crippen LogP contribution in [0.1, 0.15) is 0 Å². The lowest BCUT2D eigenvalue weighted by Crippen LogP contribution is -1.91. The highest BCUT2D eigenvalue weighted by molar-refractivity contribution is 9.10. The van der Waals surface area contributed by atoms with Crippen molar-refractivity contribution in [3.05, 3.63) is 52.6 Å². The molecule has 0 spiro atoms. The average Bonchev–Trinajstić information content (AvgIpc) is 2.94. The predicted octanol–water partition coefficient (Wildman–Crippen LogP) is 4.32. The van der Waals surface area contributed by atoms with Crippen LogP contribution in [0.15, 0.2) is 41.0 Å². The van der Waals surface area contributed by atoms with E-state index in [0.717, 1.165) is 18.2 Å². The summed E-state index contributed by atoms with van der Waals surface area (Å²) in [5, 5.41) is 26.0. The molecule has 0 bridgehead atoms. The number of rotatable bonds is 3. The number of nitrogens with zero attached hydrogens (tertiary/aromatic N) is 1. The van der Waals surface area contributed by atoms with Gasteiger partial charge in [0.2, 0.25) is 0 Å². The molecule has 2 aromatic carbocycles. The molecule has 0 aliphatic heterocycles. The number of ether oxygens (including phenoxy) is 1. The summed E-state index contributed by atoms with van der Waals surface area (Å²) in [6.45, 7) is 0. The lowest BCUT2D eigenvalue weighted by atomic mass is 10.1. The van der Waals surface area contributed by atoms with E-state index in [1.165, 1.54) is 12.3 Å². The average molecular weight is 383 g/mol. The lowest BCUT2D eigenvalue weighted by Gasteiger charge is -2.09. The number of nitrogens with one attached hydrogen (secondary N) is 1. The number of benzene rings is 2. The van der Waals surface area contributed by atoms with E-state index in [1.807, 2.05) is 0 Å². The van der Waals surface area contributed by atoms with E-state index < -0.39 is 11.6 Å². The number of hydrogen-bond acceptors (Lipinski definition) is 4. The summed E-state index contributed by atoms with van der Waals surface area (Å²) in [4.78, 5) is 0. The number of H-pyrrole nitrogens is 1. The number of aromatic amines is 1. The van der Waals surface area contributed by atoms with Crippen LogP contribution in [0.25, 0.3) is 11.3 Å². The molecule has 0 saturated carbocycles. The SMILES string of the molecule is Oc1cc(O)c(-c2n[nH]cc2Oc2ccc(F)cc2F)cc1Br. The van der Waals surface area contributed by atoms with Crippen LogP contribution in [0.4, 0.5) is 8.78 Å². The number of aromatic nitrogens is 2. The summed E-state index contributed by atoms with van der Waals surface area (Å²) in [7, 11) is 0. The number of halogens is 3. The van der Waals surface area contributed by atoms with Crippen molar-refractivity contribution in [2.24, 2.45) is 0 Å². The molecule has 0 aliphatic carbocycles. The van der Waals surface area contributed by atoms with Crippen molar-refractivity contribution in [1.29, 1.82) is 0 Å². The number of hydrogen-bond donors (Lipinski definition) is 3. The first-order valence-electron chi connectivity index (χ1n) is 6.34.